The van der Waals surface area contributed by atoms with Gasteiger partial charge in [0, 0.05) is 40.3 Å². The van der Waals surface area contributed by atoms with Gasteiger partial charge in [0.1, 0.15) is 5.82 Å². The summed E-state index contributed by atoms with van der Waals surface area (Å²) in [6.45, 7) is 3.32. The van der Waals surface area contributed by atoms with E-state index in [1.54, 1.807) is 7.05 Å². The molecule has 0 atom stereocenters. The van der Waals surface area contributed by atoms with E-state index in [1.165, 1.54) is 0 Å². The number of sulfone groups is 1. The molecule has 1 saturated heterocycles. The maximum absolute atomic E-state index is 11.5. The van der Waals surface area contributed by atoms with E-state index in [1.807, 2.05) is 48.5 Å². The van der Waals surface area contributed by atoms with E-state index in [0.29, 0.717) is 26.2 Å². The van der Waals surface area contributed by atoms with Crippen molar-refractivity contribution in [3.63, 3.8) is 0 Å². The highest BCUT2D eigenvalue weighted by molar-refractivity contribution is 14.0. The third kappa shape index (κ3) is 6.96. The third-order valence-corrected chi connectivity index (χ3v) is 6.43. The van der Waals surface area contributed by atoms with E-state index < -0.39 is 9.84 Å². The highest BCUT2D eigenvalue weighted by atomic mass is 127. The van der Waals surface area contributed by atoms with E-state index in [-0.39, 0.29) is 35.5 Å². The predicted octanol–water partition coefficient (Wildman–Crippen LogP) is 1.43. The number of aromatic nitrogens is 2. The molecule has 0 radical (unpaired) electrons. The molecule has 1 fully saturated rings. The van der Waals surface area contributed by atoms with Gasteiger partial charge in [-0.15, -0.1) is 24.0 Å². The average Bonchev–Trinajstić information content (AvgIpc) is 3.15. The summed E-state index contributed by atoms with van der Waals surface area (Å²) in [6, 6.07) is 10.1. The van der Waals surface area contributed by atoms with E-state index in [9.17, 15) is 8.42 Å². The first-order valence-corrected chi connectivity index (χ1v) is 11.2. The average molecular weight is 532 g/mol. The molecular formula is C19H29IN6O2S. The van der Waals surface area contributed by atoms with Crippen molar-refractivity contribution in [3.8, 4) is 11.3 Å². The minimum absolute atomic E-state index is 0. The van der Waals surface area contributed by atoms with Gasteiger partial charge in [-0.3, -0.25) is 9.89 Å². The van der Waals surface area contributed by atoms with Crippen molar-refractivity contribution in [1.29, 1.82) is 0 Å². The van der Waals surface area contributed by atoms with Crippen LogP contribution in [0.15, 0.2) is 41.5 Å². The van der Waals surface area contributed by atoms with Crippen LogP contribution < -0.4 is 5.32 Å². The number of halogens is 1. The molecule has 1 aliphatic heterocycles. The summed E-state index contributed by atoms with van der Waals surface area (Å²) in [6.07, 6.45) is 1.85. The van der Waals surface area contributed by atoms with E-state index in [4.69, 9.17) is 0 Å². The molecule has 0 saturated carbocycles. The lowest BCUT2D eigenvalue weighted by Crippen LogP contribution is -2.46. The normalized spacial score (nSPS) is 16.8. The second kappa shape index (κ2) is 10.9. The molecule has 2 heterocycles. The molecule has 1 aromatic carbocycles. The SMILES string of the molecule is CN=C(NCCN1CCS(=O)(=O)CC1)N(C)Cc1ncc(-c2ccccc2)[nH]1.I. The Morgan fingerprint density at radius 1 is 1.28 bits per heavy atom. The number of rotatable bonds is 6. The number of aromatic amines is 1. The summed E-state index contributed by atoms with van der Waals surface area (Å²) in [5.74, 6) is 2.15. The summed E-state index contributed by atoms with van der Waals surface area (Å²) in [7, 11) is 0.887. The fourth-order valence-corrected chi connectivity index (χ4v) is 4.47. The van der Waals surface area contributed by atoms with Crippen LogP contribution in [0.25, 0.3) is 11.3 Å². The molecule has 160 valence electrons. The van der Waals surface area contributed by atoms with Gasteiger partial charge >= 0.3 is 0 Å². The van der Waals surface area contributed by atoms with Gasteiger partial charge in [0.15, 0.2) is 15.8 Å². The van der Waals surface area contributed by atoms with E-state index in [0.717, 1.165) is 29.6 Å². The van der Waals surface area contributed by atoms with Gasteiger partial charge in [-0.05, 0) is 5.56 Å². The van der Waals surface area contributed by atoms with E-state index >= 15 is 0 Å². The van der Waals surface area contributed by atoms with Crippen LogP contribution in [-0.4, -0.2) is 85.9 Å². The van der Waals surface area contributed by atoms with Crippen molar-refractivity contribution in [2.24, 2.45) is 4.99 Å². The molecular weight excluding hydrogens is 503 g/mol. The molecule has 2 aromatic rings. The van der Waals surface area contributed by atoms with Crippen LogP contribution in [0.5, 0.6) is 0 Å². The molecule has 2 N–H and O–H groups in total. The summed E-state index contributed by atoms with van der Waals surface area (Å²) in [4.78, 5) is 16.3. The predicted molar refractivity (Wildman–Crippen MR) is 127 cm³/mol. The lowest BCUT2D eigenvalue weighted by Gasteiger charge is -2.27. The maximum Gasteiger partial charge on any atom is 0.193 e. The number of hydrogen-bond acceptors (Lipinski definition) is 5. The Morgan fingerprint density at radius 2 is 1.97 bits per heavy atom. The minimum Gasteiger partial charge on any atom is -0.355 e. The Morgan fingerprint density at radius 3 is 2.62 bits per heavy atom. The fraction of sp³-hybridized carbons (Fsp3) is 0.474. The Kier molecular flexibility index (Phi) is 8.90. The van der Waals surface area contributed by atoms with Gasteiger partial charge in [-0.2, -0.15) is 0 Å². The first kappa shape index (κ1) is 23.6. The van der Waals surface area contributed by atoms with Crippen LogP contribution >= 0.6 is 24.0 Å². The summed E-state index contributed by atoms with van der Waals surface area (Å²) in [5.41, 5.74) is 2.10. The summed E-state index contributed by atoms with van der Waals surface area (Å²) < 4.78 is 23.0. The van der Waals surface area contributed by atoms with Crippen molar-refractivity contribution in [1.82, 2.24) is 25.1 Å². The number of H-pyrrole nitrogens is 1. The summed E-state index contributed by atoms with van der Waals surface area (Å²) >= 11 is 0. The molecule has 0 unspecified atom stereocenters. The number of nitrogens with zero attached hydrogens (tertiary/aromatic N) is 4. The number of aliphatic imine (C=N–C) groups is 1. The zero-order chi connectivity index (χ0) is 20.0. The molecule has 3 rings (SSSR count). The van der Waals surface area contributed by atoms with Crippen molar-refractivity contribution < 1.29 is 8.42 Å². The maximum atomic E-state index is 11.5. The summed E-state index contributed by atoms with van der Waals surface area (Å²) in [5, 5.41) is 3.34. The topological polar surface area (TPSA) is 93.7 Å². The molecule has 1 aliphatic rings. The monoisotopic (exact) mass is 532 g/mol. The fourth-order valence-electron chi connectivity index (χ4n) is 3.19. The number of nitrogens with one attached hydrogen (secondary N) is 2. The molecule has 29 heavy (non-hydrogen) atoms. The highest BCUT2D eigenvalue weighted by Gasteiger charge is 2.21. The molecule has 0 bridgehead atoms. The quantitative estimate of drug-likeness (QED) is 0.332. The highest BCUT2D eigenvalue weighted by Crippen LogP contribution is 2.16. The smallest absolute Gasteiger partial charge is 0.193 e. The minimum atomic E-state index is -2.83. The van der Waals surface area contributed by atoms with Gasteiger partial charge in [0.2, 0.25) is 0 Å². The molecule has 0 amide bonds. The van der Waals surface area contributed by atoms with Crippen LogP contribution in [0.4, 0.5) is 0 Å². The Bertz CT molecular complexity index is 886. The van der Waals surface area contributed by atoms with Crippen LogP contribution in [-0.2, 0) is 16.4 Å². The van der Waals surface area contributed by atoms with Crippen LogP contribution in [0.3, 0.4) is 0 Å². The first-order chi connectivity index (χ1) is 13.5. The van der Waals surface area contributed by atoms with Gasteiger partial charge in [-0.25, -0.2) is 13.4 Å². The molecule has 1 aromatic heterocycles. The van der Waals surface area contributed by atoms with Crippen molar-refractivity contribution in [2.75, 3.05) is 51.8 Å². The standard InChI is InChI=1S/C19H28N6O2S.HI/c1-20-19(21-8-9-25-10-12-28(26,27)13-11-25)24(2)15-18-22-14-17(23-18)16-6-4-3-5-7-16;/h3-7,14H,8-13,15H2,1-2H3,(H,20,21)(H,22,23);1H. The van der Waals surface area contributed by atoms with Gasteiger partial charge in [0.05, 0.1) is 29.9 Å². The zero-order valence-electron chi connectivity index (χ0n) is 16.8. The largest absolute Gasteiger partial charge is 0.355 e. The molecule has 0 aliphatic carbocycles. The molecule has 10 heteroatoms. The number of imidazole rings is 1. The lowest BCUT2D eigenvalue weighted by atomic mass is 10.2. The van der Waals surface area contributed by atoms with Crippen molar-refractivity contribution in [3.05, 3.63) is 42.4 Å². The van der Waals surface area contributed by atoms with Gasteiger partial charge in [-0.1, -0.05) is 30.3 Å². The Labute approximate surface area is 189 Å². The Balaban J connectivity index is 0.00000300. The van der Waals surface area contributed by atoms with Crippen molar-refractivity contribution in [2.45, 2.75) is 6.54 Å². The molecule has 0 spiro atoms. The second-order valence-electron chi connectivity index (χ2n) is 6.93. The first-order valence-electron chi connectivity index (χ1n) is 9.41. The van der Waals surface area contributed by atoms with Crippen LogP contribution in [0, 0.1) is 0 Å². The van der Waals surface area contributed by atoms with Crippen molar-refractivity contribution >= 4 is 39.8 Å². The molecule has 8 nitrogen and oxygen atoms in total. The Hall–Kier alpha value is -1.66. The van der Waals surface area contributed by atoms with E-state index in [2.05, 4.69) is 25.2 Å². The van der Waals surface area contributed by atoms with Gasteiger partial charge < -0.3 is 15.2 Å². The van der Waals surface area contributed by atoms with Gasteiger partial charge in [0.25, 0.3) is 0 Å². The second-order valence-corrected chi connectivity index (χ2v) is 9.24. The number of guanidine groups is 1. The van der Waals surface area contributed by atoms with Crippen LogP contribution in [0.2, 0.25) is 0 Å². The van der Waals surface area contributed by atoms with Crippen LogP contribution in [0.1, 0.15) is 5.82 Å². The number of hydrogen-bond donors (Lipinski definition) is 2. The number of benzene rings is 1. The lowest BCUT2D eigenvalue weighted by molar-refractivity contribution is 0.298. The zero-order valence-corrected chi connectivity index (χ0v) is 20.0. The third-order valence-electron chi connectivity index (χ3n) is 4.82.